The predicted octanol–water partition coefficient (Wildman–Crippen LogP) is 2.33. The van der Waals surface area contributed by atoms with Gasteiger partial charge in [0.15, 0.2) is 5.96 Å². The van der Waals surface area contributed by atoms with Gasteiger partial charge in [-0.25, -0.2) is 0 Å². The molecule has 0 aromatic rings. The van der Waals surface area contributed by atoms with Crippen LogP contribution in [0.3, 0.4) is 0 Å². The maximum atomic E-state index is 4.46. The molecular weight excluding hydrogens is 413 g/mol. The third kappa shape index (κ3) is 7.44. The summed E-state index contributed by atoms with van der Waals surface area (Å²) < 4.78 is 0. The number of halogens is 1. The highest BCUT2D eigenvalue weighted by Gasteiger charge is 2.18. The number of nitrogens with zero attached hydrogens (tertiary/aromatic N) is 4. The van der Waals surface area contributed by atoms with Gasteiger partial charge in [0, 0.05) is 52.9 Å². The molecule has 2 aliphatic rings. The van der Waals surface area contributed by atoms with Crippen molar-refractivity contribution in [3.8, 4) is 0 Å². The van der Waals surface area contributed by atoms with Gasteiger partial charge in [-0.2, -0.15) is 0 Å². The van der Waals surface area contributed by atoms with E-state index in [2.05, 4.69) is 38.9 Å². The first-order chi connectivity index (χ1) is 11.2. The van der Waals surface area contributed by atoms with E-state index >= 15 is 0 Å². The Morgan fingerprint density at radius 2 is 1.62 bits per heavy atom. The zero-order chi connectivity index (χ0) is 16.5. The summed E-state index contributed by atoms with van der Waals surface area (Å²) in [6.45, 7) is 15.4. The fourth-order valence-corrected chi connectivity index (χ4v) is 3.54. The van der Waals surface area contributed by atoms with Gasteiger partial charge in [-0.1, -0.05) is 13.8 Å². The quantitative estimate of drug-likeness (QED) is 0.291. The lowest BCUT2D eigenvalue weighted by molar-refractivity contribution is 0.136. The van der Waals surface area contributed by atoms with Gasteiger partial charge in [0.1, 0.15) is 0 Å². The predicted molar refractivity (Wildman–Crippen MR) is 115 cm³/mol. The molecule has 24 heavy (non-hydrogen) atoms. The van der Waals surface area contributed by atoms with Crippen LogP contribution in [0.2, 0.25) is 0 Å². The lowest BCUT2D eigenvalue weighted by Crippen LogP contribution is -2.46. The van der Waals surface area contributed by atoms with Crippen molar-refractivity contribution < 1.29 is 0 Å². The van der Waals surface area contributed by atoms with Gasteiger partial charge in [0.25, 0.3) is 0 Å². The van der Waals surface area contributed by atoms with E-state index in [-0.39, 0.29) is 24.0 Å². The second-order valence-corrected chi connectivity index (χ2v) is 7.13. The van der Waals surface area contributed by atoms with Crippen molar-refractivity contribution in [3.05, 3.63) is 0 Å². The summed E-state index contributed by atoms with van der Waals surface area (Å²) in [4.78, 5) is 12.0. The first kappa shape index (κ1) is 22.0. The third-order valence-corrected chi connectivity index (χ3v) is 5.39. The molecule has 0 atom stereocenters. The fourth-order valence-electron chi connectivity index (χ4n) is 3.54. The van der Waals surface area contributed by atoms with E-state index in [0.717, 1.165) is 31.5 Å². The van der Waals surface area contributed by atoms with Crippen LogP contribution in [0, 0.1) is 5.92 Å². The van der Waals surface area contributed by atoms with Gasteiger partial charge >= 0.3 is 0 Å². The molecule has 2 aliphatic heterocycles. The van der Waals surface area contributed by atoms with Crippen LogP contribution in [-0.2, 0) is 0 Å². The van der Waals surface area contributed by atoms with Crippen molar-refractivity contribution in [2.45, 2.75) is 39.5 Å². The van der Waals surface area contributed by atoms with Gasteiger partial charge in [0.05, 0.1) is 0 Å². The minimum atomic E-state index is 0. The summed E-state index contributed by atoms with van der Waals surface area (Å²) in [6, 6.07) is 0. The molecule has 0 unspecified atom stereocenters. The zero-order valence-corrected chi connectivity index (χ0v) is 18.3. The number of piperidine rings is 1. The molecule has 2 saturated heterocycles. The van der Waals surface area contributed by atoms with Crippen molar-refractivity contribution in [1.29, 1.82) is 0 Å². The number of rotatable bonds is 6. The van der Waals surface area contributed by atoms with Crippen LogP contribution in [0.5, 0.6) is 0 Å². The molecule has 5 nitrogen and oxygen atoms in total. The van der Waals surface area contributed by atoms with Crippen molar-refractivity contribution in [3.63, 3.8) is 0 Å². The molecule has 0 saturated carbocycles. The molecule has 142 valence electrons. The third-order valence-electron chi connectivity index (χ3n) is 5.39. The van der Waals surface area contributed by atoms with E-state index in [1.165, 1.54) is 65.0 Å². The maximum Gasteiger partial charge on any atom is 0.193 e. The summed E-state index contributed by atoms with van der Waals surface area (Å²) in [6.07, 6.45) is 5.11. The van der Waals surface area contributed by atoms with Crippen LogP contribution in [0.4, 0.5) is 0 Å². The normalized spacial score (nSPS) is 21.6. The molecule has 0 aromatic carbocycles. The van der Waals surface area contributed by atoms with E-state index in [9.17, 15) is 0 Å². The standard InChI is InChI=1S/C18H37N5.HI/c1-4-21-13-15-22(16-14-21)10-6-5-9-20-18(19-3)23-11-7-17(2)8-12-23;/h17H,4-16H2,1-3H3,(H,19,20);1H. The Balaban J connectivity index is 0.00000288. The highest BCUT2D eigenvalue weighted by Crippen LogP contribution is 2.15. The highest BCUT2D eigenvalue weighted by atomic mass is 127. The molecule has 6 heteroatoms. The molecule has 2 heterocycles. The maximum absolute atomic E-state index is 4.46. The summed E-state index contributed by atoms with van der Waals surface area (Å²) in [5.74, 6) is 1.98. The minimum absolute atomic E-state index is 0. The molecule has 1 N–H and O–H groups in total. The molecule has 0 amide bonds. The number of likely N-dealkylation sites (tertiary alicyclic amines) is 1. The van der Waals surface area contributed by atoms with E-state index in [4.69, 9.17) is 0 Å². The number of piperazine rings is 1. The summed E-state index contributed by atoms with van der Waals surface area (Å²) in [5, 5.41) is 3.56. The fraction of sp³-hybridized carbons (Fsp3) is 0.944. The number of nitrogens with one attached hydrogen (secondary N) is 1. The Morgan fingerprint density at radius 1 is 1.00 bits per heavy atom. The number of hydrogen-bond donors (Lipinski definition) is 1. The highest BCUT2D eigenvalue weighted by molar-refractivity contribution is 14.0. The largest absolute Gasteiger partial charge is 0.356 e. The molecule has 0 bridgehead atoms. The number of unbranched alkanes of at least 4 members (excludes halogenated alkanes) is 1. The topological polar surface area (TPSA) is 34.1 Å². The second kappa shape index (κ2) is 12.3. The van der Waals surface area contributed by atoms with Gasteiger partial charge in [0.2, 0.25) is 0 Å². The molecule has 0 aromatic heterocycles. The Bertz CT molecular complexity index is 347. The first-order valence-electron chi connectivity index (χ1n) is 9.63. The summed E-state index contributed by atoms with van der Waals surface area (Å²) in [7, 11) is 1.91. The van der Waals surface area contributed by atoms with Crippen molar-refractivity contribution in [2.24, 2.45) is 10.9 Å². The Kier molecular flexibility index (Phi) is 11.3. The SMILES string of the molecule is CCN1CCN(CCCCNC(=NC)N2CCC(C)CC2)CC1.I. The molecule has 0 radical (unpaired) electrons. The van der Waals surface area contributed by atoms with Gasteiger partial charge in [-0.3, -0.25) is 4.99 Å². The van der Waals surface area contributed by atoms with E-state index in [1.54, 1.807) is 0 Å². The van der Waals surface area contributed by atoms with Gasteiger partial charge in [-0.15, -0.1) is 24.0 Å². The van der Waals surface area contributed by atoms with Crippen molar-refractivity contribution in [1.82, 2.24) is 20.0 Å². The van der Waals surface area contributed by atoms with Crippen LogP contribution >= 0.6 is 24.0 Å². The zero-order valence-electron chi connectivity index (χ0n) is 16.0. The smallest absolute Gasteiger partial charge is 0.193 e. The molecule has 2 rings (SSSR count). The summed E-state index contributed by atoms with van der Waals surface area (Å²) in [5.41, 5.74) is 0. The lowest BCUT2D eigenvalue weighted by Gasteiger charge is -2.34. The van der Waals surface area contributed by atoms with E-state index in [0.29, 0.717) is 0 Å². The lowest BCUT2D eigenvalue weighted by atomic mass is 10.00. The van der Waals surface area contributed by atoms with E-state index in [1.807, 2.05) is 7.05 Å². The average Bonchev–Trinajstić information content (AvgIpc) is 2.60. The number of likely N-dealkylation sites (N-methyl/N-ethyl adjacent to an activating group) is 1. The molecular formula is C18H38IN5. The minimum Gasteiger partial charge on any atom is -0.356 e. The monoisotopic (exact) mass is 451 g/mol. The summed E-state index contributed by atoms with van der Waals surface area (Å²) >= 11 is 0. The molecule has 2 fully saturated rings. The second-order valence-electron chi connectivity index (χ2n) is 7.13. The first-order valence-corrected chi connectivity index (χ1v) is 9.63. The Morgan fingerprint density at radius 3 is 2.21 bits per heavy atom. The van der Waals surface area contributed by atoms with Crippen LogP contribution in [0.1, 0.15) is 39.5 Å². The van der Waals surface area contributed by atoms with Crippen LogP contribution < -0.4 is 5.32 Å². The Hall–Kier alpha value is -0.0800. The van der Waals surface area contributed by atoms with Crippen LogP contribution in [0.25, 0.3) is 0 Å². The molecule has 0 aliphatic carbocycles. The number of hydrogen-bond acceptors (Lipinski definition) is 3. The van der Waals surface area contributed by atoms with E-state index < -0.39 is 0 Å². The molecule has 0 spiro atoms. The number of guanidine groups is 1. The van der Waals surface area contributed by atoms with Gasteiger partial charge < -0.3 is 20.0 Å². The van der Waals surface area contributed by atoms with Crippen LogP contribution in [0.15, 0.2) is 4.99 Å². The van der Waals surface area contributed by atoms with Crippen molar-refractivity contribution in [2.75, 3.05) is 66.0 Å². The van der Waals surface area contributed by atoms with Gasteiger partial charge in [-0.05, 0) is 44.7 Å². The van der Waals surface area contributed by atoms with Crippen molar-refractivity contribution >= 4 is 29.9 Å². The Labute approximate surface area is 166 Å². The number of aliphatic imine (C=N–C) groups is 1. The average molecular weight is 451 g/mol. The van der Waals surface area contributed by atoms with Crippen LogP contribution in [-0.4, -0.2) is 86.6 Å².